The van der Waals surface area contributed by atoms with Crippen LogP contribution in [0.15, 0.2) is 36.7 Å². The van der Waals surface area contributed by atoms with E-state index in [1.54, 1.807) is 20.2 Å². The average Bonchev–Trinajstić information content (AvgIpc) is 3.46. The number of carbonyl (C=O) groups is 3. The lowest BCUT2D eigenvalue weighted by Gasteiger charge is -2.29. The van der Waals surface area contributed by atoms with Crippen LogP contribution in [-0.2, 0) is 16.1 Å². The first-order valence-corrected chi connectivity index (χ1v) is 11.2. The molecule has 2 fully saturated rings. The maximum Gasteiger partial charge on any atom is 0.344 e. The second kappa shape index (κ2) is 8.94. The summed E-state index contributed by atoms with van der Waals surface area (Å²) in [5, 5.41) is 4.83. The fraction of sp³-hybridized carbons (Fsp3) is 0.478. The monoisotopic (exact) mass is 457 g/mol. The molecular weight excluding hydrogens is 430 g/mol. The second-order valence-corrected chi connectivity index (χ2v) is 9.26. The highest BCUT2D eigenvalue weighted by Gasteiger charge is 2.45. The predicted octanol–water partition coefficient (Wildman–Crippen LogP) is 3.25. The van der Waals surface area contributed by atoms with E-state index < -0.39 is 0 Å². The van der Waals surface area contributed by atoms with Crippen molar-refractivity contribution in [2.24, 2.45) is 11.8 Å². The first-order valence-electron chi connectivity index (χ1n) is 10.8. The minimum atomic E-state index is -0.177. The van der Waals surface area contributed by atoms with Crippen LogP contribution in [0.5, 0.6) is 0 Å². The summed E-state index contributed by atoms with van der Waals surface area (Å²) in [6.07, 6.45) is 4.88. The molecule has 8 nitrogen and oxygen atoms in total. The Labute approximate surface area is 192 Å². The Morgan fingerprint density at radius 3 is 2.25 bits per heavy atom. The summed E-state index contributed by atoms with van der Waals surface area (Å²) in [5.41, 5.74) is 1.65. The summed E-state index contributed by atoms with van der Waals surface area (Å²) in [6.45, 7) is 4.97. The van der Waals surface area contributed by atoms with E-state index in [4.69, 9.17) is 11.6 Å². The number of hydrogen-bond acceptors (Lipinski definition) is 4. The zero-order valence-corrected chi connectivity index (χ0v) is 19.3. The van der Waals surface area contributed by atoms with Gasteiger partial charge in [-0.3, -0.25) is 9.59 Å². The minimum absolute atomic E-state index is 0.0662. The number of rotatable bonds is 4. The van der Waals surface area contributed by atoms with Crippen molar-refractivity contribution in [1.29, 1.82) is 0 Å². The molecule has 1 aliphatic heterocycles. The molecule has 1 unspecified atom stereocenters. The third-order valence-corrected chi connectivity index (χ3v) is 6.98. The van der Waals surface area contributed by atoms with Gasteiger partial charge < -0.3 is 14.7 Å². The van der Waals surface area contributed by atoms with Crippen molar-refractivity contribution in [2.75, 3.05) is 25.0 Å². The van der Waals surface area contributed by atoms with Gasteiger partial charge in [0.2, 0.25) is 11.8 Å². The Balaban J connectivity index is 1.38. The van der Waals surface area contributed by atoms with E-state index in [9.17, 15) is 14.4 Å². The van der Waals surface area contributed by atoms with Gasteiger partial charge in [-0.2, -0.15) is 9.78 Å². The molecule has 1 aromatic heterocycles. The molecule has 0 spiro atoms. The molecule has 1 saturated carbocycles. The normalized spacial score (nSPS) is 22.0. The number of anilines is 1. The number of carbonyl (C=O) groups excluding carboxylic acids is 3. The van der Waals surface area contributed by atoms with Crippen LogP contribution in [0.3, 0.4) is 0 Å². The van der Waals surface area contributed by atoms with Crippen molar-refractivity contribution < 1.29 is 14.4 Å². The van der Waals surface area contributed by atoms with Crippen molar-refractivity contribution in [1.82, 2.24) is 19.6 Å². The van der Waals surface area contributed by atoms with E-state index in [2.05, 4.69) is 5.10 Å². The molecular formula is C23H28ClN5O3. The third kappa shape index (κ3) is 4.50. The van der Waals surface area contributed by atoms with Crippen LogP contribution in [0.2, 0.25) is 5.02 Å². The molecule has 170 valence electrons. The SMILES string of the molecule is CC(=O)N(C)c1cnn(C(=O)N2C[C@H]3CC(N(Cc4ccc(Cl)cc4)C(C)=O)C[C@H]3C2)c1. The van der Waals surface area contributed by atoms with Gasteiger partial charge in [0.1, 0.15) is 0 Å². The molecule has 0 N–H and O–H groups in total. The molecule has 3 atom stereocenters. The quantitative estimate of drug-likeness (QED) is 0.706. The molecule has 0 radical (unpaired) electrons. The molecule has 1 aromatic carbocycles. The van der Waals surface area contributed by atoms with Gasteiger partial charge in [0.25, 0.3) is 0 Å². The number of nitrogens with zero attached hydrogens (tertiary/aromatic N) is 5. The minimum Gasteiger partial charge on any atom is -0.336 e. The van der Waals surface area contributed by atoms with Crippen LogP contribution in [0.1, 0.15) is 32.3 Å². The molecule has 9 heteroatoms. The number of amides is 3. The zero-order valence-electron chi connectivity index (χ0n) is 18.6. The van der Waals surface area contributed by atoms with E-state index >= 15 is 0 Å². The molecule has 1 aliphatic carbocycles. The van der Waals surface area contributed by atoms with E-state index in [1.165, 1.54) is 22.7 Å². The lowest BCUT2D eigenvalue weighted by Crippen LogP contribution is -2.39. The van der Waals surface area contributed by atoms with E-state index in [0.29, 0.717) is 42.2 Å². The Hall–Kier alpha value is -2.87. The summed E-state index contributed by atoms with van der Waals surface area (Å²) >= 11 is 5.98. The van der Waals surface area contributed by atoms with E-state index in [-0.39, 0.29) is 23.9 Å². The molecule has 2 heterocycles. The zero-order chi connectivity index (χ0) is 23.0. The van der Waals surface area contributed by atoms with E-state index in [1.807, 2.05) is 34.1 Å². The lowest BCUT2D eigenvalue weighted by molar-refractivity contribution is -0.131. The van der Waals surface area contributed by atoms with Crippen molar-refractivity contribution >= 4 is 35.1 Å². The van der Waals surface area contributed by atoms with Crippen LogP contribution in [0.4, 0.5) is 10.5 Å². The summed E-state index contributed by atoms with van der Waals surface area (Å²) < 4.78 is 1.30. The highest BCUT2D eigenvalue weighted by atomic mass is 35.5. The highest BCUT2D eigenvalue weighted by Crippen LogP contribution is 2.41. The van der Waals surface area contributed by atoms with Gasteiger partial charge in [-0.05, 0) is 42.4 Å². The second-order valence-electron chi connectivity index (χ2n) is 8.83. The Bertz CT molecular complexity index is 1010. The number of aromatic nitrogens is 2. The molecule has 0 bridgehead atoms. The van der Waals surface area contributed by atoms with Gasteiger partial charge in [0.05, 0.1) is 18.1 Å². The molecule has 1 saturated heterocycles. The topological polar surface area (TPSA) is 78.8 Å². The van der Waals surface area contributed by atoms with Gasteiger partial charge in [-0.25, -0.2) is 4.79 Å². The molecule has 32 heavy (non-hydrogen) atoms. The summed E-state index contributed by atoms with van der Waals surface area (Å²) in [6, 6.07) is 7.60. The van der Waals surface area contributed by atoms with Gasteiger partial charge in [-0.15, -0.1) is 0 Å². The number of hydrogen-bond donors (Lipinski definition) is 0. The highest BCUT2D eigenvalue weighted by molar-refractivity contribution is 6.30. The fourth-order valence-corrected chi connectivity index (χ4v) is 5.01. The number of benzene rings is 1. The molecule has 4 rings (SSSR count). The van der Waals surface area contributed by atoms with Gasteiger partial charge in [0, 0.05) is 51.6 Å². The Kier molecular flexibility index (Phi) is 6.24. The maximum absolute atomic E-state index is 12.9. The first kappa shape index (κ1) is 22.3. The standard InChI is InChI=1S/C23H28ClN5O3/c1-15(30)26(3)22-10-25-29(14-22)23(32)27-12-18-8-21(9-19(18)13-27)28(16(2)31)11-17-4-6-20(24)7-5-17/h4-7,10,14,18-19,21H,8-9,11-13H2,1-3H3/t18-,19+,21?. The summed E-state index contributed by atoms with van der Waals surface area (Å²) in [4.78, 5) is 42.1. The smallest absolute Gasteiger partial charge is 0.336 e. The molecule has 3 amide bonds. The maximum atomic E-state index is 12.9. The van der Waals surface area contributed by atoms with Crippen LogP contribution in [-0.4, -0.2) is 63.6 Å². The first-order chi connectivity index (χ1) is 15.2. The van der Waals surface area contributed by atoms with Crippen molar-refractivity contribution in [3.8, 4) is 0 Å². The van der Waals surface area contributed by atoms with Crippen molar-refractivity contribution in [2.45, 2.75) is 39.3 Å². The van der Waals surface area contributed by atoms with Crippen LogP contribution in [0, 0.1) is 11.8 Å². The average molecular weight is 458 g/mol. The molecule has 2 aliphatic rings. The number of likely N-dealkylation sites (tertiary alicyclic amines) is 1. The summed E-state index contributed by atoms with van der Waals surface area (Å²) in [5.74, 6) is 0.681. The van der Waals surface area contributed by atoms with E-state index in [0.717, 1.165) is 18.4 Å². The van der Waals surface area contributed by atoms with Crippen molar-refractivity contribution in [3.05, 3.63) is 47.2 Å². The lowest BCUT2D eigenvalue weighted by atomic mass is 10.0. The van der Waals surface area contributed by atoms with Crippen molar-refractivity contribution in [3.63, 3.8) is 0 Å². The fourth-order valence-electron chi connectivity index (χ4n) is 4.88. The van der Waals surface area contributed by atoms with Gasteiger partial charge in [0.15, 0.2) is 0 Å². The van der Waals surface area contributed by atoms with Crippen LogP contribution < -0.4 is 4.90 Å². The molecule has 2 aromatic rings. The number of halogens is 1. The predicted molar refractivity (Wildman–Crippen MR) is 121 cm³/mol. The van der Waals surface area contributed by atoms with Crippen LogP contribution in [0.25, 0.3) is 0 Å². The largest absolute Gasteiger partial charge is 0.344 e. The van der Waals surface area contributed by atoms with Gasteiger partial charge in [-0.1, -0.05) is 23.7 Å². The Morgan fingerprint density at radius 1 is 1.06 bits per heavy atom. The van der Waals surface area contributed by atoms with Gasteiger partial charge >= 0.3 is 6.03 Å². The van der Waals surface area contributed by atoms with Crippen LogP contribution >= 0.6 is 11.6 Å². The Morgan fingerprint density at radius 2 is 1.69 bits per heavy atom. The summed E-state index contributed by atoms with van der Waals surface area (Å²) in [7, 11) is 1.65. The third-order valence-electron chi connectivity index (χ3n) is 6.73. The number of fused-ring (bicyclic) bond motifs is 1.